The molecule has 0 amide bonds. The molecule has 3 nitrogen and oxygen atoms in total. The molecule has 0 spiro atoms. The largest absolute Gasteiger partial charge is 0.486 e. The molecule has 3 rings (SSSR count). The molecule has 4 heteroatoms. The fourth-order valence-corrected chi connectivity index (χ4v) is 2.60. The molecule has 0 unspecified atom stereocenters. The van der Waals surface area contributed by atoms with Crippen molar-refractivity contribution in [3.05, 3.63) is 17.7 Å². The number of thioether (sulfide) groups is 1. The molecule has 2 aliphatic rings. The molecular weight excluding hydrogens is 234 g/mol. The van der Waals surface area contributed by atoms with Crippen LogP contribution in [0.5, 0.6) is 11.5 Å². The summed E-state index contributed by atoms with van der Waals surface area (Å²) in [5.41, 5.74) is 1.31. The highest BCUT2D eigenvalue weighted by molar-refractivity contribution is 7.98. The van der Waals surface area contributed by atoms with Crippen molar-refractivity contribution < 1.29 is 9.47 Å². The van der Waals surface area contributed by atoms with Crippen LogP contribution in [0.25, 0.3) is 0 Å². The number of benzene rings is 1. The lowest BCUT2D eigenvalue weighted by molar-refractivity contribution is 0.171. The van der Waals surface area contributed by atoms with Crippen molar-refractivity contribution in [3.63, 3.8) is 0 Å². The summed E-state index contributed by atoms with van der Waals surface area (Å²) < 4.78 is 11.2. The highest BCUT2D eigenvalue weighted by Crippen LogP contribution is 2.36. The van der Waals surface area contributed by atoms with Crippen molar-refractivity contribution in [1.82, 2.24) is 5.32 Å². The number of fused-ring (bicyclic) bond motifs is 1. The van der Waals surface area contributed by atoms with Crippen LogP contribution in [-0.4, -0.2) is 25.5 Å². The van der Waals surface area contributed by atoms with Gasteiger partial charge in [0.2, 0.25) is 0 Å². The Labute approximate surface area is 106 Å². The van der Waals surface area contributed by atoms with E-state index in [1.807, 2.05) is 0 Å². The third-order valence-corrected chi connectivity index (χ3v) is 3.92. The predicted molar refractivity (Wildman–Crippen MR) is 69.1 cm³/mol. The van der Waals surface area contributed by atoms with E-state index in [1.165, 1.54) is 23.3 Å². The maximum Gasteiger partial charge on any atom is 0.162 e. The van der Waals surface area contributed by atoms with Crippen LogP contribution in [0.4, 0.5) is 0 Å². The minimum atomic E-state index is 0.653. The summed E-state index contributed by atoms with van der Waals surface area (Å²) in [6, 6.07) is 4.96. The molecule has 0 bridgehead atoms. The molecule has 1 aromatic carbocycles. The fraction of sp³-hybridized carbons (Fsp3) is 0.538. The molecule has 1 aromatic rings. The highest BCUT2D eigenvalue weighted by atomic mass is 32.2. The summed E-state index contributed by atoms with van der Waals surface area (Å²) in [7, 11) is 0. The molecule has 92 valence electrons. The Morgan fingerprint density at radius 3 is 2.59 bits per heavy atom. The van der Waals surface area contributed by atoms with Crippen LogP contribution in [-0.2, 0) is 6.54 Å². The summed E-state index contributed by atoms with van der Waals surface area (Å²) in [5, 5.41) is 3.54. The molecule has 1 fully saturated rings. The van der Waals surface area contributed by atoms with Crippen LogP contribution in [0.15, 0.2) is 17.0 Å². The van der Waals surface area contributed by atoms with E-state index in [2.05, 4.69) is 23.7 Å². The van der Waals surface area contributed by atoms with Gasteiger partial charge >= 0.3 is 0 Å². The Balaban J connectivity index is 1.83. The van der Waals surface area contributed by atoms with Gasteiger partial charge in [0.05, 0.1) is 0 Å². The predicted octanol–water partition coefficient (Wildman–Crippen LogP) is 2.43. The van der Waals surface area contributed by atoms with Crippen molar-refractivity contribution in [1.29, 1.82) is 0 Å². The number of hydrogen-bond acceptors (Lipinski definition) is 4. The second-order valence-corrected chi connectivity index (χ2v) is 5.31. The number of ether oxygens (including phenoxy) is 2. The van der Waals surface area contributed by atoms with Gasteiger partial charge in [-0.3, -0.25) is 0 Å². The number of nitrogens with one attached hydrogen (secondary N) is 1. The molecule has 0 saturated heterocycles. The third-order valence-electron chi connectivity index (χ3n) is 3.10. The Morgan fingerprint density at radius 1 is 1.24 bits per heavy atom. The Hall–Kier alpha value is -0.870. The summed E-state index contributed by atoms with van der Waals surface area (Å²) in [6.07, 6.45) is 4.74. The van der Waals surface area contributed by atoms with Crippen molar-refractivity contribution >= 4 is 11.8 Å². The van der Waals surface area contributed by atoms with Gasteiger partial charge < -0.3 is 14.8 Å². The summed E-state index contributed by atoms with van der Waals surface area (Å²) in [4.78, 5) is 1.28. The molecule has 1 N–H and O–H groups in total. The first-order valence-corrected chi connectivity index (χ1v) is 7.29. The third kappa shape index (κ3) is 2.53. The van der Waals surface area contributed by atoms with Gasteiger partial charge in [0, 0.05) is 17.5 Å². The number of rotatable bonds is 4. The Kier molecular flexibility index (Phi) is 3.16. The lowest BCUT2D eigenvalue weighted by Crippen LogP contribution is -2.18. The number of hydrogen-bond donors (Lipinski definition) is 1. The van der Waals surface area contributed by atoms with Gasteiger partial charge in [-0.2, -0.15) is 0 Å². The standard InChI is InChI=1S/C13H17NO2S/c1-17-13-7-12-11(15-4-5-16-12)6-9(13)8-14-10-2-3-10/h6-7,10,14H,2-5,8H2,1H3. The zero-order chi connectivity index (χ0) is 11.7. The molecule has 17 heavy (non-hydrogen) atoms. The maximum absolute atomic E-state index is 5.62. The first-order chi connectivity index (χ1) is 8.36. The van der Waals surface area contributed by atoms with Crippen LogP contribution < -0.4 is 14.8 Å². The van der Waals surface area contributed by atoms with Crippen LogP contribution in [0, 0.1) is 0 Å². The molecule has 0 atom stereocenters. The first-order valence-electron chi connectivity index (χ1n) is 6.06. The van der Waals surface area contributed by atoms with Crippen molar-refractivity contribution in [2.75, 3.05) is 19.5 Å². The van der Waals surface area contributed by atoms with E-state index in [9.17, 15) is 0 Å². The second-order valence-electron chi connectivity index (χ2n) is 4.46. The smallest absolute Gasteiger partial charge is 0.162 e. The van der Waals surface area contributed by atoms with E-state index < -0.39 is 0 Å². The Bertz CT molecular complexity index is 418. The molecule has 1 saturated carbocycles. The van der Waals surface area contributed by atoms with E-state index in [0.717, 1.165) is 24.1 Å². The first kappa shape index (κ1) is 11.2. The summed E-state index contributed by atoms with van der Waals surface area (Å²) in [5.74, 6) is 1.78. The zero-order valence-corrected chi connectivity index (χ0v) is 10.8. The van der Waals surface area contributed by atoms with Gasteiger partial charge in [0.15, 0.2) is 11.5 Å². The topological polar surface area (TPSA) is 30.5 Å². The normalized spacial score (nSPS) is 18.2. The SMILES string of the molecule is CSc1cc2c(cc1CNC1CC1)OCCO2. The van der Waals surface area contributed by atoms with Crippen LogP contribution >= 0.6 is 11.8 Å². The van der Waals surface area contributed by atoms with Gasteiger partial charge in [0.1, 0.15) is 13.2 Å². The summed E-state index contributed by atoms with van der Waals surface area (Å²) >= 11 is 1.76. The van der Waals surface area contributed by atoms with Crippen LogP contribution in [0.2, 0.25) is 0 Å². The molecule has 0 aromatic heterocycles. The van der Waals surface area contributed by atoms with Gasteiger partial charge in [-0.1, -0.05) is 0 Å². The van der Waals surface area contributed by atoms with Crippen molar-refractivity contribution in [2.24, 2.45) is 0 Å². The molecular formula is C13H17NO2S. The average molecular weight is 251 g/mol. The lowest BCUT2D eigenvalue weighted by Gasteiger charge is -2.20. The maximum atomic E-state index is 5.62. The van der Waals surface area contributed by atoms with Gasteiger partial charge in [-0.05, 0) is 36.8 Å². The molecule has 1 aliphatic carbocycles. The lowest BCUT2D eigenvalue weighted by atomic mass is 10.2. The molecule has 0 radical (unpaired) electrons. The van der Waals surface area contributed by atoms with E-state index >= 15 is 0 Å². The van der Waals surface area contributed by atoms with E-state index in [-0.39, 0.29) is 0 Å². The van der Waals surface area contributed by atoms with Crippen molar-refractivity contribution in [3.8, 4) is 11.5 Å². The zero-order valence-electron chi connectivity index (χ0n) is 9.99. The van der Waals surface area contributed by atoms with E-state index in [1.54, 1.807) is 11.8 Å². The molecule has 1 heterocycles. The fourth-order valence-electron chi connectivity index (χ4n) is 1.98. The van der Waals surface area contributed by atoms with Crippen LogP contribution in [0.3, 0.4) is 0 Å². The highest BCUT2D eigenvalue weighted by Gasteiger charge is 2.21. The van der Waals surface area contributed by atoms with Gasteiger partial charge in [-0.25, -0.2) is 0 Å². The van der Waals surface area contributed by atoms with E-state index in [4.69, 9.17) is 9.47 Å². The van der Waals surface area contributed by atoms with Gasteiger partial charge in [0.25, 0.3) is 0 Å². The van der Waals surface area contributed by atoms with Gasteiger partial charge in [-0.15, -0.1) is 11.8 Å². The summed E-state index contributed by atoms with van der Waals surface area (Å²) in [6.45, 7) is 2.24. The Morgan fingerprint density at radius 2 is 1.94 bits per heavy atom. The minimum absolute atomic E-state index is 0.653. The van der Waals surface area contributed by atoms with Crippen molar-refractivity contribution in [2.45, 2.75) is 30.3 Å². The minimum Gasteiger partial charge on any atom is -0.486 e. The monoisotopic (exact) mass is 251 g/mol. The van der Waals surface area contributed by atoms with Crippen LogP contribution in [0.1, 0.15) is 18.4 Å². The average Bonchev–Trinajstić information content (AvgIpc) is 3.19. The quantitative estimate of drug-likeness (QED) is 0.833. The second kappa shape index (κ2) is 4.78. The van der Waals surface area contributed by atoms with E-state index in [0.29, 0.717) is 13.2 Å². The molecule has 1 aliphatic heterocycles.